The topological polar surface area (TPSA) is 70.2 Å². The Morgan fingerprint density at radius 1 is 1.42 bits per heavy atom. The number of benzene rings is 1. The maximum Gasteiger partial charge on any atom is 0.280 e. The standard InChI is InChI=1S/C17H16N4OS2/c1-11(16-19-13-5-3-4-6-14(13)24-16)21(2)10-15(22)20-17-12(9-18)7-8-23-17/h3-8,11H,10H2,1-2H3,(H,20,22)/p+1/t11-/m1/s1. The highest BCUT2D eigenvalue weighted by Crippen LogP contribution is 2.25. The lowest BCUT2D eigenvalue weighted by Crippen LogP contribution is -3.10. The minimum Gasteiger partial charge on any atom is -0.322 e. The van der Waals surface area contributed by atoms with Gasteiger partial charge in [0, 0.05) is 0 Å². The Labute approximate surface area is 148 Å². The number of anilines is 1. The lowest BCUT2D eigenvalue weighted by molar-refractivity contribution is -0.902. The highest BCUT2D eigenvalue weighted by molar-refractivity contribution is 7.18. The molecular formula is C17H17N4OS2+. The number of aromatic nitrogens is 1. The first-order valence-corrected chi connectivity index (χ1v) is 9.23. The van der Waals surface area contributed by atoms with Crippen molar-refractivity contribution < 1.29 is 9.69 Å². The third-order valence-electron chi connectivity index (χ3n) is 3.90. The second kappa shape index (κ2) is 7.09. The van der Waals surface area contributed by atoms with E-state index in [1.807, 2.05) is 25.2 Å². The molecule has 0 aliphatic carbocycles. The zero-order valence-corrected chi connectivity index (χ0v) is 15.0. The molecule has 0 aliphatic rings. The van der Waals surface area contributed by atoms with Crippen molar-refractivity contribution in [3.05, 3.63) is 46.3 Å². The normalized spacial score (nSPS) is 13.4. The summed E-state index contributed by atoms with van der Waals surface area (Å²) in [6, 6.07) is 12.0. The van der Waals surface area contributed by atoms with Gasteiger partial charge in [-0.25, -0.2) is 4.98 Å². The van der Waals surface area contributed by atoms with Crippen LogP contribution in [-0.2, 0) is 4.79 Å². The van der Waals surface area contributed by atoms with Crippen molar-refractivity contribution in [1.82, 2.24) is 4.98 Å². The highest BCUT2D eigenvalue weighted by atomic mass is 32.1. The summed E-state index contributed by atoms with van der Waals surface area (Å²) in [7, 11) is 1.98. The number of hydrogen-bond donors (Lipinski definition) is 2. The quantitative estimate of drug-likeness (QED) is 0.737. The molecule has 5 nitrogen and oxygen atoms in total. The van der Waals surface area contributed by atoms with Crippen LogP contribution in [0.2, 0.25) is 0 Å². The number of para-hydroxylation sites is 1. The summed E-state index contributed by atoms with van der Waals surface area (Å²) in [5.74, 6) is -0.0978. The van der Waals surface area contributed by atoms with Crippen molar-refractivity contribution in [2.45, 2.75) is 13.0 Å². The first-order valence-electron chi connectivity index (χ1n) is 7.53. The molecule has 0 aliphatic heterocycles. The lowest BCUT2D eigenvalue weighted by atomic mass is 10.3. The smallest absolute Gasteiger partial charge is 0.280 e. The van der Waals surface area contributed by atoms with Gasteiger partial charge < -0.3 is 10.2 Å². The molecule has 24 heavy (non-hydrogen) atoms. The summed E-state index contributed by atoms with van der Waals surface area (Å²) in [6.07, 6.45) is 0. The molecule has 0 radical (unpaired) electrons. The summed E-state index contributed by atoms with van der Waals surface area (Å²) >= 11 is 3.03. The first-order chi connectivity index (χ1) is 11.6. The van der Waals surface area contributed by atoms with Crippen molar-refractivity contribution in [3.8, 4) is 6.07 Å². The molecule has 3 rings (SSSR count). The third-order valence-corrected chi connectivity index (χ3v) is 5.95. The fourth-order valence-corrected chi connectivity index (χ4v) is 4.22. The van der Waals surface area contributed by atoms with E-state index in [2.05, 4.69) is 29.4 Å². The Kier molecular flexibility index (Phi) is 4.90. The van der Waals surface area contributed by atoms with E-state index in [1.54, 1.807) is 22.8 Å². The third kappa shape index (κ3) is 3.46. The van der Waals surface area contributed by atoms with Crippen LogP contribution in [0.5, 0.6) is 0 Å². The van der Waals surface area contributed by atoms with Crippen LogP contribution >= 0.6 is 22.7 Å². The summed E-state index contributed by atoms with van der Waals surface area (Å²) in [5.41, 5.74) is 1.50. The second-order valence-electron chi connectivity index (χ2n) is 5.59. The van der Waals surface area contributed by atoms with Crippen LogP contribution in [0.4, 0.5) is 5.00 Å². The molecular weight excluding hydrogens is 340 g/mol. The maximum absolute atomic E-state index is 12.2. The zero-order chi connectivity index (χ0) is 17.1. The monoisotopic (exact) mass is 357 g/mol. The first kappa shape index (κ1) is 16.6. The molecule has 2 heterocycles. The molecule has 2 aromatic heterocycles. The molecule has 1 aromatic carbocycles. The van der Waals surface area contributed by atoms with Crippen LogP contribution in [0.25, 0.3) is 10.2 Å². The average molecular weight is 357 g/mol. The van der Waals surface area contributed by atoms with Gasteiger partial charge in [0.25, 0.3) is 5.91 Å². The van der Waals surface area contributed by atoms with Crippen molar-refractivity contribution >= 4 is 43.8 Å². The molecule has 3 aromatic rings. The van der Waals surface area contributed by atoms with E-state index in [-0.39, 0.29) is 11.9 Å². The summed E-state index contributed by atoms with van der Waals surface area (Å²) < 4.78 is 1.16. The number of nitrogens with one attached hydrogen (secondary N) is 2. The lowest BCUT2D eigenvalue weighted by Gasteiger charge is -2.19. The van der Waals surface area contributed by atoms with Crippen molar-refractivity contribution in [3.63, 3.8) is 0 Å². The number of hydrogen-bond acceptors (Lipinski definition) is 5. The predicted molar refractivity (Wildman–Crippen MR) is 97.5 cm³/mol. The molecule has 0 saturated heterocycles. The van der Waals surface area contributed by atoms with Gasteiger partial charge in [0.15, 0.2) is 11.6 Å². The van der Waals surface area contributed by atoms with Crippen LogP contribution in [0, 0.1) is 11.3 Å². The minimum absolute atomic E-state index is 0.0978. The largest absolute Gasteiger partial charge is 0.322 e. The Hall–Kier alpha value is -2.27. The Bertz CT molecular complexity index is 876. The van der Waals surface area contributed by atoms with Gasteiger partial charge in [0.05, 0.1) is 22.8 Å². The van der Waals surface area contributed by atoms with Crippen LogP contribution in [0.15, 0.2) is 35.7 Å². The molecule has 122 valence electrons. The number of nitriles is 1. The molecule has 2 atom stereocenters. The number of nitrogens with zero attached hydrogens (tertiary/aromatic N) is 2. The van der Waals surface area contributed by atoms with E-state index >= 15 is 0 Å². The van der Waals surface area contributed by atoms with Crippen LogP contribution in [0.3, 0.4) is 0 Å². The molecule has 7 heteroatoms. The Morgan fingerprint density at radius 3 is 2.96 bits per heavy atom. The number of thiazole rings is 1. The molecule has 1 unspecified atom stereocenters. The van der Waals surface area contributed by atoms with Crippen molar-refractivity contribution in [1.29, 1.82) is 5.26 Å². The summed E-state index contributed by atoms with van der Waals surface area (Å²) in [5, 5.41) is 15.3. The number of rotatable bonds is 5. The molecule has 0 spiro atoms. The van der Waals surface area contributed by atoms with Crippen molar-refractivity contribution in [2.75, 3.05) is 18.9 Å². The zero-order valence-electron chi connectivity index (χ0n) is 13.4. The van der Waals surface area contributed by atoms with Gasteiger partial charge >= 0.3 is 0 Å². The van der Waals surface area contributed by atoms with E-state index in [0.29, 0.717) is 17.1 Å². The highest BCUT2D eigenvalue weighted by Gasteiger charge is 2.22. The molecule has 1 amide bonds. The van der Waals surface area contributed by atoms with Gasteiger partial charge in [-0.05, 0) is 30.5 Å². The van der Waals surface area contributed by atoms with Crippen LogP contribution in [-0.4, -0.2) is 24.5 Å². The van der Waals surface area contributed by atoms with Crippen molar-refractivity contribution in [2.24, 2.45) is 0 Å². The van der Waals surface area contributed by atoms with E-state index in [0.717, 1.165) is 20.1 Å². The average Bonchev–Trinajstić information content (AvgIpc) is 3.19. The maximum atomic E-state index is 12.2. The molecule has 0 fully saturated rings. The molecule has 0 saturated carbocycles. The Balaban J connectivity index is 1.66. The summed E-state index contributed by atoms with van der Waals surface area (Å²) in [4.78, 5) is 18.0. The molecule has 0 bridgehead atoms. The van der Waals surface area contributed by atoms with Gasteiger partial charge in [-0.1, -0.05) is 12.1 Å². The number of carbonyl (C=O) groups excluding carboxylic acids is 1. The predicted octanol–water partition coefficient (Wildman–Crippen LogP) is 2.44. The van der Waals surface area contributed by atoms with Crippen LogP contribution < -0.4 is 10.2 Å². The number of likely N-dealkylation sites (N-methyl/N-ethyl adjacent to an activating group) is 1. The van der Waals surface area contributed by atoms with E-state index in [4.69, 9.17) is 5.26 Å². The number of fused-ring (bicyclic) bond motifs is 1. The number of amides is 1. The second-order valence-corrected chi connectivity index (χ2v) is 7.57. The summed E-state index contributed by atoms with van der Waals surface area (Å²) in [6.45, 7) is 2.39. The SMILES string of the molecule is C[C@H](c1nc2ccccc2s1)[NH+](C)CC(=O)Nc1sccc1C#N. The number of carbonyl (C=O) groups is 1. The van der Waals surface area contributed by atoms with E-state index in [9.17, 15) is 4.79 Å². The number of quaternary nitrogens is 1. The number of thiophene rings is 1. The minimum atomic E-state index is -0.0978. The Morgan fingerprint density at radius 2 is 2.21 bits per heavy atom. The molecule has 2 N–H and O–H groups in total. The van der Waals surface area contributed by atoms with Gasteiger partial charge in [0.1, 0.15) is 17.1 Å². The van der Waals surface area contributed by atoms with Gasteiger partial charge in [-0.2, -0.15) is 5.26 Å². The fraction of sp³-hybridized carbons (Fsp3) is 0.235. The van der Waals surface area contributed by atoms with Crippen LogP contribution in [0.1, 0.15) is 23.5 Å². The fourth-order valence-electron chi connectivity index (χ4n) is 2.36. The van der Waals surface area contributed by atoms with Gasteiger partial charge in [0.2, 0.25) is 0 Å². The van der Waals surface area contributed by atoms with Gasteiger partial charge in [-0.3, -0.25) is 4.79 Å². The van der Waals surface area contributed by atoms with E-state index in [1.165, 1.54) is 11.3 Å². The van der Waals surface area contributed by atoms with Gasteiger partial charge in [-0.15, -0.1) is 22.7 Å². The van der Waals surface area contributed by atoms with E-state index < -0.39 is 0 Å².